The highest BCUT2D eigenvalue weighted by Crippen LogP contribution is 2.18. The van der Waals surface area contributed by atoms with Crippen LogP contribution in [-0.4, -0.2) is 51.5 Å². The summed E-state index contributed by atoms with van der Waals surface area (Å²) in [5.41, 5.74) is 0. The van der Waals surface area contributed by atoms with Crippen molar-refractivity contribution in [1.82, 2.24) is 10.6 Å². The Balaban J connectivity index is 1.92. The Morgan fingerprint density at radius 2 is 2.12 bits per heavy atom. The lowest BCUT2D eigenvalue weighted by Gasteiger charge is -2.13. The van der Waals surface area contributed by atoms with Crippen molar-refractivity contribution >= 4 is 5.91 Å². The molecule has 1 rings (SSSR count). The molecule has 1 atom stereocenters. The molecule has 94 valence electrons. The fraction of sp³-hybridized carbons (Fsp3) is 0.909. The maximum atomic E-state index is 11.5. The molecule has 0 aromatic rings. The molecule has 1 amide bonds. The lowest BCUT2D eigenvalue weighted by Crippen LogP contribution is -2.44. The smallest absolute Gasteiger partial charge is 0.237 e. The van der Waals surface area contributed by atoms with E-state index in [4.69, 9.17) is 9.47 Å². The Hall–Kier alpha value is -0.650. The van der Waals surface area contributed by atoms with Gasteiger partial charge in [-0.25, -0.2) is 0 Å². The minimum absolute atomic E-state index is 0.0828. The van der Waals surface area contributed by atoms with Crippen molar-refractivity contribution in [1.29, 1.82) is 0 Å². The maximum absolute atomic E-state index is 11.5. The standard InChI is InChI=1S/C11H22N2O3/c1-9(11(14)13-10-3-4-10)12-5-6-16-8-7-15-2/h9-10,12H,3-8H2,1-2H3,(H,13,14). The van der Waals surface area contributed by atoms with Crippen LogP contribution in [0.3, 0.4) is 0 Å². The van der Waals surface area contributed by atoms with Gasteiger partial charge in [0.2, 0.25) is 5.91 Å². The first-order valence-corrected chi connectivity index (χ1v) is 5.84. The quantitative estimate of drug-likeness (QED) is 0.543. The fourth-order valence-electron chi connectivity index (χ4n) is 1.24. The van der Waals surface area contributed by atoms with Gasteiger partial charge in [0.05, 0.1) is 25.9 Å². The summed E-state index contributed by atoms with van der Waals surface area (Å²) in [5.74, 6) is 0.0828. The van der Waals surface area contributed by atoms with Crippen molar-refractivity contribution < 1.29 is 14.3 Å². The second kappa shape index (κ2) is 7.60. The molecular formula is C11H22N2O3. The first kappa shape index (κ1) is 13.4. The summed E-state index contributed by atoms with van der Waals surface area (Å²) in [6.45, 7) is 4.36. The third kappa shape index (κ3) is 6.05. The predicted octanol–water partition coefficient (Wildman–Crippen LogP) is -0.0939. The highest BCUT2D eigenvalue weighted by molar-refractivity contribution is 5.81. The van der Waals surface area contributed by atoms with E-state index in [-0.39, 0.29) is 11.9 Å². The monoisotopic (exact) mass is 230 g/mol. The summed E-state index contributed by atoms with van der Waals surface area (Å²) < 4.78 is 10.1. The van der Waals surface area contributed by atoms with Gasteiger partial charge in [0, 0.05) is 19.7 Å². The molecule has 1 aliphatic carbocycles. The lowest BCUT2D eigenvalue weighted by atomic mass is 10.3. The van der Waals surface area contributed by atoms with Gasteiger partial charge < -0.3 is 20.1 Å². The molecule has 16 heavy (non-hydrogen) atoms. The Morgan fingerprint density at radius 3 is 2.75 bits per heavy atom. The minimum atomic E-state index is -0.147. The molecule has 0 saturated heterocycles. The van der Waals surface area contributed by atoms with Crippen LogP contribution in [0, 0.1) is 0 Å². The molecule has 5 nitrogen and oxygen atoms in total. The fourth-order valence-corrected chi connectivity index (χ4v) is 1.24. The van der Waals surface area contributed by atoms with Gasteiger partial charge in [0.25, 0.3) is 0 Å². The Kier molecular flexibility index (Phi) is 6.37. The number of methoxy groups -OCH3 is 1. The molecule has 1 saturated carbocycles. The summed E-state index contributed by atoms with van der Waals surface area (Å²) in [6.07, 6.45) is 2.25. The van der Waals surface area contributed by atoms with Crippen molar-refractivity contribution in [3.05, 3.63) is 0 Å². The summed E-state index contributed by atoms with van der Waals surface area (Å²) in [7, 11) is 1.64. The van der Waals surface area contributed by atoms with E-state index in [0.717, 1.165) is 12.8 Å². The first-order valence-electron chi connectivity index (χ1n) is 5.84. The third-order valence-corrected chi connectivity index (χ3v) is 2.45. The van der Waals surface area contributed by atoms with Crippen LogP contribution in [0.25, 0.3) is 0 Å². The Bertz CT molecular complexity index is 207. The van der Waals surface area contributed by atoms with E-state index < -0.39 is 0 Å². The van der Waals surface area contributed by atoms with E-state index in [1.54, 1.807) is 7.11 Å². The van der Waals surface area contributed by atoms with Crippen LogP contribution < -0.4 is 10.6 Å². The average molecular weight is 230 g/mol. The zero-order chi connectivity index (χ0) is 11.8. The van der Waals surface area contributed by atoms with E-state index >= 15 is 0 Å². The first-order chi connectivity index (χ1) is 7.74. The largest absolute Gasteiger partial charge is 0.382 e. The molecule has 0 aliphatic heterocycles. The molecule has 1 fully saturated rings. The minimum Gasteiger partial charge on any atom is -0.382 e. The van der Waals surface area contributed by atoms with Crippen LogP contribution in [0.4, 0.5) is 0 Å². The van der Waals surface area contributed by atoms with Crippen LogP contribution >= 0.6 is 0 Å². The SMILES string of the molecule is COCCOCCNC(C)C(=O)NC1CC1. The van der Waals surface area contributed by atoms with E-state index in [9.17, 15) is 4.79 Å². The van der Waals surface area contributed by atoms with Crippen molar-refractivity contribution in [3.63, 3.8) is 0 Å². The number of amides is 1. The Labute approximate surface area is 96.9 Å². The molecule has 0 aromatic heterocycles. The number of nitrogens with one attached hydrogen (secondary N) is 2. The number of hydrogen-bond acceptors (Lipinski definition) is 4. The van der Waals surface area contributed by atoms with Gasteiger partial charge >= 0.3 is 0 Å². The molecule has 0 aromatic carbocycles. The molecule has 1 aliphatic rings. The van der Waals surface area contributed by atoms with Crippen LogP contribution in [0.1, 0.15) is 19.8 Å². The summed E-state index contributed by atoms with van der Waals surface area (Å²) >= 11 is 0. The molecular weight excluding hydrogens is 208 g/mol. The van der Waals surface area contributed by atoms with Crippen LogP contribution in [0.5, 0.6) is 0 Å². The Morgan fingerprint density at radius 1 is 1.38 bits per heavy atom. The van der Waals surface area contributed by atoms with Crippen molar-refractivity contribution in [2.75, 3.05) is 33.5 Å². The van der Waals surface area contributed by atoms with Gasteiger partial charge in [-0.15, -0.1) is 0 Å². The molecule has 0 bridgehead atoms. The second-order valence-electron chi connectivity index (χ2n) is 4.06. The number of rotatable bonds is 9. The van der Waals surface area contributed by atoms with Gasteiger partial charge in [0.15, 0.2) is 0 Å². The van der Waals surface area contributed by atoms with E-state index in [1.807, 2.05) is 6.92 Å². The van der Waals surface area contributed by atoms with E-state index in [0.29, 0.717) is 32.4 Å². The van der Waals surface area contributed by atoms with Crippen LogP contribution in [-0.2, 0) is 14.3 Å². The van der Waals surface area contributed by atoms with E-state index in [1.165, 1.54) is 0 Å². The summed E-state index contributed by atoms with van der Waals surface area (Å²) in [4.78, 5) is 11.5. The number of carbonyl (C=O) groups excluding carboxylic acids is 1. The van der Waals surface area contributed by atoms with Crippen molar-refractivity contribution in [3.8, 4) is 0 Å². The van der Waals surface area contributed by atoms with E-state index in [2.05, 4.69) is 10.6 Å². The van der Waals surface area contributed by atoms with Crippen LogP contribution in [0.15, 0.2) is 0 Å². The highest BCUT2D eigenvalue weighted by Gasteiger charge is 2.25. The van der Waals surface area contributed by atoms with Gasteiger partial charge in [-0.1, -0.05) is 0 Å². The van der Waals surface area contributed by atoms with Crippen molar-refractivity contribution in [2.45, 2.75) is 31.8 Å². The molecule has 2 N–H and O–H groups in total. The summed E-state index contributed by atoms with van der Waals surface area (Å²) in [6, 6.07) is 0.279. The zero-order valence-electron chi connectivity index (χ0n) is 10.1. The lowest BCUT2D eigenvalue weighted by molar-refractivity contribution is -0.122. The van der Waals surface area contributed by atoms with Gasteiger partial charge in [-0.05, 0) is 19.8 Å². The third-order valence-electron chi connectivity index (χ3n) is 2.45. The summed E-state index contributed by atoms with van der Waals surface area (Å²) in [5, 5.41) is 6.07. The molecule has 0 spiro atoms. The molecule has 1 unspecified atom stereocenters. The number of carbonyl (C=O) groups is 1. The second-order valence-corrected chi connectivity index (χ2v) is 4.06. The molecule has 0 heterocycles. The molecule has 5 heteroatoms. The highest BCUT2D eigenvalue weighted by atomic mass is 16.5. The predicted molar refractivity (Wildman–Crippen MR) is 61.3 cm³/mol. The average Bonchev–Trinajstić information content (AvgIpc) is 3.06. The van der Waals surface area contributed by atoms with Gasteiger partial charge in [0.1, 0.15) is 0 Å². The topological polar surface area (TPSA) is 59.6 Å². The maximum Gasteiger partial charge on any atom is 0.237 e. The number of hydrogen-bond donors (Lipinski definition) is 2. The number of ether oxygens (including phenoxy) is 2. The van der Waals surface area contributed by atoms with Gasteiger partial charge in [-0.2, -0.15) is 0 Å². The molecule has 0 radical (unpaired) electrons. The zero-order valence-corrected chi connectivity index (χ0v) is 10.1. The van der Waals surface area contributed by atoms with Gasteiger partial charge in [-0.3, -0.25) is 4.79 Å². The van der Waals surface area contributed by atoms with Crippen LogP contribution in [0.2, 0.25) is 0 Å². The normalized spacial score (nSPS) is 17.1. The van der Waals surface area contributed by atoms with Crippen molar-refractivity contribution in [2.24, 2.45) is 0 Å².